The van der Waals surface area contributed by atoms with Crippen LogP contribution in [0.25, 0.3) is 22.0 Å². The van der Waals surface area contributed by atoms with E-state index in [-0.39, 0.29) is 36.1 Å². The number of para-hydroxylation sites is 1. The van der Waals surface area contributed by atoms with E-state index in [1.807, 2.05) is 0 Å². The first-order chi connectivity index (χ1) is 37.6. The zero-order valence-corrected chi connectivity index (χ0v) is 46.5. The second kappa shape index (κ2) is 21.0. The molecule has 17 nitrogen and oxygen atoms in total. The van der Waals surface area contributed by atoms with Crippen LogP contribution in [-0.4, -0.2) is 86.4 Å². The maximum atomic E-state index is 15.8. The number of hydrogen-bond donors (Lipinski definition) is 3. The Labute approximate surface area is 465 Å². The maximum Gasteiger partial charge on any atom is 0.524 e. The van der Waals surface area contributed by atoms with Crippen LogP contribution in [0.1, 0.15) is 79.1 Å². The van der Waals surface area contributed by atoms with Crippen molar-refractivity contribution in [2.24, 2.45) is 11.3 Å². The molecular weight excluding hydrogens is 1190 g/mol. The molecule has 3 aromatic carbocycles. The molecule has 6 aromatic rings. The molecule has 8 rings (SSSR count). The highest BCUT2D eigenvalue weighted by Crippen LogP contribution is 2.58. The number of carbonyl (C=O) groups is 2. The van der Waals surface area contributed by atoms with Crippen molar-refractivity contribution >= 4 is 67.8 Å². The Morgan fingerprint density at radius 1 is 0.915 bits per heavy atom. The number of alkyl halides is 8. The molecule has 2 amide bonds. The van der Waals surface area contributed by atoms with Gasteiger partial charge in [-0.15, -0.1) is 0 Å². The van der Waals surface area contributed by atoms with Crippen molar-refractivity contribution in [2.45, 2.75) is 88.6 Å². The SMILES string of the molecule is CC(C)(Cc1ccccc1OP(=O)(O)O)C(=O)N(c1nn(CC(F)(F)F)c2c(-c3ccc(C#CC(C)(C)S(C)(=O)=O)nc3[C@H](Cc3cc(F)cc(F)c3)NC(=O)Cn3nc(C(F)(F)F)c4c3C(F)(F)[C@@H]3C#C[C@H]43)ccc(Cl)c12)S(C)(=O)=O. The first-order valence-electron chi connectivity index (χ1n) is 23.8. The summed E-state index contributed by atoms with van der Waals surface area (Å²) in [5, 5.41) is 8.59. The average molecular weight is 1230 g/mol. The first kappa shape index (κ1) is 61.1. The van der Waals surface area contributed by atoms with Gasteiger partial charge in [0.2, 0.25) is 21.8 Å². The molecule has 436 valence electrons. The lowest BCUT2D eigenvalue weighted by Gasteiger charge is -2.30. The van der Waals surface area contributed by atoms with Crippen LogP contribution in [0, 0.1) is 46.6 Å². The van der Waals surface area contributed by atoms with Crippen molar-refractivity contribution in [1.82, 2.24) is 29.9 Å². The summed E-state index contributed by atoms with van der Waals surface area (Å²) in [6.07, 6.45) is -10.5. The molecule has 3 aromatic heterocycles. The number of hydrogen-bond acceptors (Lipinski definition) is 11. The van der Waals surface area contributed by atoms with Crippen LogP contribution < -0.4 is 14.1 Å². The number of nitrogens with zero attached hydrogens (tertiary/aromatic N) is 6. The maximum absolute atomic E-state index is 15.8. The number of carbonyl (C=O) groups excluding carboxylic acids is 2. The van der Waals surface area contributed by atoms with Crippen molar-refractivity contribution in [3.8, 4) is 40.6 Å². The number of sulfonamides is 1. The van der Waals surface area contributed by atoms with E-state index in [1.54, 1.807) is 0 Å². The van der Waals surface area contributed by atoms with Crippen LogP contribution in [0.4, 0.5) is 49.7 Å². The van der Waals surface area contributed by atoms with E-state index in [9.17, 15) is 75.9 Å². The van der Waals surface area contributed by atoms with Crippen LogP contribution in [0.5, 0.6) is 5.75 Å². The first-order valence-corrected chi connectivity index (χ1v) is 29.4. The van der Waals surface area contributed by atoms with Crippen molar-refractivity contribution < 1.29 is 89.2 Å². The predicted molar refractivity (Wildman–Crippen MR) is 275 cm³/mol. The van der Waals surface area contributed by atoms with Gasteiger partial charge in [0.15, 0.2) is 21.3 Å². The Kier molecular flexibility index (Phi) is 15.6. The van der Waals surface area contributed by atoms with Crippen LogP contribution in [-0.2, 0) is 72.0 Å². The number of anilines is 1. The van der Waals surface area contributed by atoms with Gasteiger partial charge in [-0.2, -0.15) is 49.6 Å². The van der Waals surface area contributed by atoms with Gasteiger partial charge in [-0.1, -0.05) is 67.5 Å². The van der Waals surface area contributed by atoms with Gasteiger partial charge in [-0.05, 0) is 80.1 Å². The largest absolute Gasteiger partial charge is 0.524 e. The van der Waals surface area contributed by atoms with Gasteiger partial charge < -0.3 is 9.84 Å². The molecule has 0 unspecified atom stereocenters. The van der Waals surface area contributed by atoms with Gasteiger partial charge in [-0.25, -0.2) is 35.2 Å². The Bertz CT molecular complexity index is 4050. The minimum Gasteiger partial charge on any atom is -0.404 e. The molecule has 82 heavy (non-hydrogen) atoms. The highest BCUT2D eigenvalue weighted by Gasteiger charge is 2.62. The van der Waals surface area contributed by atoms with Crippen LogP contribution in [0.3, 0.4) is 0 Å². The van der Waals surface area contributed by atoms with Crippen LogP contribution in [0.2, 0.25) is 5.02 Å². The third kappa shape index (κ3) is 12.4. The Balaban J connectivity index is 1.36. The zero-order chi connectivity index (χ0) is 60.8. The van der Waals surface area contributed by atoms with Gasteiger partial charge in [0.05, 0.1) is 39.8 Å². The molecule has 3 heterocycles. The molecule has 0 aliphatic heterocycles. The third-order valence-electron chi connectivity index (χ3n) is 13.2. The molecular formula is C51H43ClF10N7O10PS2. The molecule has 0 fully saturated rings. The highest BCUT2D eigenvalue weighted by atomic mass is 35.5. The number of phosphoric acid groups is 1. The topological polar surface area (TPSA) is 233 Å². The van der Waals surface area contributed by atoms with Crippen molar-refractivity contribution in [3.05, 3.63) is 123 Å². The summed E-state index contributed by atoms with van der Waals surface area (Å²) in [5.74, 6) is -4.68. The molecule has 0 saturated carbocycles. The number of phosphoric ester groups is 1. The minimum absolute atomic E-state index is 0.0416. The molecule has 2 aliphatic rings. The lowest BCUT2D eigenvalue weighted by molar-refractivity contribution is -0.143. The molecule has 0 spiro atoms. The average Bonchev–Trinajstić information content (AvgIpc) is 2.53. The van der Waals surface area contributed by atoms with Crippen LogP contribution in [0.15, 0.2) is 66.7 Å². The summed E-state index contributed by atoms with van der Waals surface area (Å²) in [5.41, 5.74) is -8.69. The summed E-state index contributed by atoms with van der Waals surface area (Å²) in [6.45, 7) is 1.37. The smallest absolute Gasteiger partial charge is 0.404 e. The Morgan fingerprint density at radius 2 is 1.55 bits per heavy atom. The number of rotatable bonds is 16. The van der Waals surface area contributed by atoms with Gasteiger partial charge in [0, 0.05) is 34.4 Å². The summed E-state index contributed by atoms with van der Waals surface area (Å²) in [7, 11) is -14.2. The number of sulfone groups is 1. The number of aromatic nitrogens is 5. The number of pyridine rings is 1. The number of halogens is 11. The second-order valence-electron chi connectivity index (χ2n) is 20.4. The molecule has 31 heteroatoms. The van der Waals surface area contributed by atoms with Crippen molar-refractivity contribution in [1.29, 1.82) is 0 Å². The van der Waals surface area contributed by atoms with Crippen molar-refractivity contribution in [2.75, 3.05) is 16.8 Å². The minimum atomic E-state index is -5.33. The predicted octanol–water partition coefficient (Wildman–Crippen LogP) is 8.94. The number of fused-ring (bicyclic) bond motifs is 4. The van der Waals surface area contributed by atoms with E-state index in [4.69, 9.17) is 16.1 Å². The van der Waals surface area contributed by atoms with Gasteiger partial charge in [0.1, 0.15) is 52.5 Å². The Morgan fingerprint density at radius 3 is 2.12 bits per heavy atom. The molecule has 2 aliphatic carbocycles. The molecule has 0 saturated heterocycles. The quantitative estimate of drug-likeness (QED) is 0.0467. The molecule has 0 bridgehead atoms. The summed E-state index contributed by atoms with van der Waals surface area (Å²) < 4.78 is 218. The van der Waals surface area contributed by atoms with E-state index in [1.165, 1.54) is 45.9 Å². The van der Waals surface area contributed by atoms with Gasteiger partial charge >= 0.3 is 26.1 Å². The van der Waals surface area contributed by atoms with Gasteiger partial charge in [0.25, 0.3) is 0 Å². The summed E-state index contributed by atoms with van der Waals surface area (Å²) in [4.78, 5) is 52.8. The Hall–Kier alpha value is -7.01. The molecule has 3 atom stereocenters. The van der Waals surface area contributed by atoms with E-state index in [0.717, 1.165) is 48.7 Å². The fraction of sp³-hybridized carbons (Fsp3) is 0.353. The fourth-order valence-corrected chi connectivity index (χ4v) is 11.2. The number of amides is 2. The number of benzene rings is 3. The van der Waals surface area contributed by atoms with E-state index >= 15 is 8.78 Å². The van der Waals surface area contributed by atoms with Crippen LogP contribution >= 0.6 is 19.4 Å². The van der Waals surface area contributed by atoms with Gasteiger partial charge in [-0.3, -0.25) is 28.7 Å². The molecule has 0 radical (unpaired) electrons. The van der Waals surface area contributed by atoms with E-state index < -0.39 is 179 Å². The zero-order valence-electron chi connectivity index (χ0n) is 43.2. The highest BCUT2D eigenvalue weighted by molar-refractivity contribution is 7.93. The summed E-state index contributed by atoms with van der Waals surface area (Å²) >= 11 is 6.77. The normalized spacial score (nSPS) is 16.5. The lowest BCUT2D eigenvalue weighted by Crippen LogP contribution is -2.45. The van der Waals surface area contributed by atoms with Crippen molar-refractivity contribution in [3.63, 3.8) is 0 Å². The monoisotopic (exact) mass is 1230 g/mol. The standard InChI is InChI=1S/C51H43ClF10N7O10PS2/c1-47(2,23-27-9-7-8-10-37(27)79-80(72,73)74)46(71)69(82(6,77)78)45-40-35(52)16-14-32(42(40)68(66-45)25-49(55,56)57)31-12-11-30(17-18-48(3,4)81(5,75)76)63-41(31)36(21-26-19-28(53)22-29(54)20-26)64-38(70)24-67-44-39(43(65-67)51(60,61)62)33-13-15-34(33)50(44,58)59/h7-12,14,16,19-20,22,33-34,36H,21,23-25H2,1-6H3,(H,64,70)(H2,72,73,74)/t33-,34+,36-/m0/s1. The fourth-order valence-electron chi connectivity index (χ4n) is 9.29. The third-order valence-corrected chi connectivity index (χ3v) is 16.9. The van der Waals surface area contributed by atoms with E-state index in [0.29, 0.717) is 12.3 Å². The second-order valence-corrected chi connectivity index (χ2v) is 26.4. The summed E-state index contributed by atoms with van der Waals surface area (Å²) in [6, 6.07) is 9.62. The molecule has 3 N–H and O–H groups in total. The van der Waals surface area contributed by atoms with E-state index in [2.05, 4.69) is 44.2 Å². The lowest BCUT2D eigenvalue weighted by atomic mass is 9.84. The number of nitrogens with one attached hydrogen (secondary N) is 1.